The zero-order chi connectivity index (χ0) is 25.6. The highest BCUT2D eigenvalue weighted by molar-refractivity contribution is 6.04. The molecule has 11 heteroatoms. The van der Waals surface area contributed by atoms with Crippen LogP contribution >= 0.6 is 0 Å². The number of carbonyl (C=O) groups is 1. The monoisotopic (exact) mass is 503 g/mol. The maximum absolute atomic E-state index is 13.6. The molecule has 1 N–H and O–H groups in total. The van der Waals surface area contributed by atoms with E-state index in [4.69, 9.17) is 19.2 Å². The molecule has 0 aliphatic carbocycles. The Kier molecular flexibility index (Phi) is 5.88. The van der Waals surface area contributed by atoms with E-state index in [0.29, 0.717) is 24.1 Å². The summed E-state index contributed by atoms with van der Waals surface area (Å²) in [5, 5.41) is 2.92. The summed E-state index contributed by atoms with van der Waals surface area (Å²) >= 11 is 0. The number of hydrogen-bond acceptors (Lipinski definition) is 9. The van der Waals surface area contributed by atoms with Crippen LogP contribution in [0.2, 0.25) is 0 Å². The van der Waals surface area contributed by atoms with Crippen molar-refractivity contribution in [1.29, 1.82) is 0 Å². The second-order valence-corrected chi connectivity index (χ2v) is 9.92. The van der Waals surface area contributed by atoms with Crippen molar-refractivity contribution in [2.75, 3.05) is 41.4 Å². The Morgan fingerprint density at radius 3 is 2.92 bits per heavy atom. The molecule has 2 amide bonds. The Morgan fingerprint density at radius 1 is 1.22 bits per heavy atom. The summed E-state index contributed by atoms with van der Waals surface area (Å²) in [5.74, 6) is 0.716. The number of aryl methyl sites for hydroxylation is 1. The molecule has 0 saturated carbocycles. The number of carbonyl (C=O) groups excluding carboxylic acids is 1. The molecule has 37 heavy (non-hydrogen) atoms. The largest absolute Gasteiger partial charge is 0.475 e. The average molecular weight is 504 g/mol. The van der Waals surface area contributed by atoms with Crippen LogP contribution < -0.4 is 19.9 Å². The van der Waals surface area contributed by atoms with Crippen LogP contribution in [0.25, 0.3) is 11.3 Å². The molecule has 2 saturated heterocycles. The van der Waals surface area contributed by atoms with Gasteiger partial charge < -0.3 is 19.1 Å². The number of urea groups is 1. The number of aromatic nitrogens is 4. The van der Waals surface area contributed by atoms with E-state index < -0.39 is 5.79 Å². The zero-order valence-electron chi connectivity index (χ0n) is 21.0. The summed E-state index contributed by atoms with van der Waals surface area (Å²) < 4.78 is 17.1. The second kappa shape index (κ2) is 9.24. The molecule has 3 aromatic heterocycles. The summed E-state index contributed by atoms with van der Waals surface area (Å²) in [5.41, 5.74) is 3.62. The minimum absolute atomic E-state index is 0.0230. The van der Waals surface area contributed by atoms with Crippen molar-refractivity contribution >= 4 is 23.4 Å². The number of nitrogens with zero attached hydrogens (tertiary/aromatic N) is 6. The number of hydrogen-bond donors (Lipinski definition) is 1. The first-order valence-electron chi connectivity index (χ1n) is 12.4. The van der Waals surface area contributed by atoms with Gasteiger partial charge in [-0.1, -0.05) is 0 Å². The lowest BCUT2D eigenvalue weighted by Crippen LogP contribution is -2.48. The first-order valence-corrected chi connectivity index (χ1v) is 12.4. The molecular weight excluding hydrogens is 474 g/mol. The number of fused-ring (bicyclic) bond motifs is 4. The van der Waals surface area contributed by atoms with Crippen LogP contribution in [-0.2, 0) is 9.47 Å². The fraction of sp³-hybridized carbons (Fsp3) is 0.423. The van der Waals surface area contributed by atoms with Crippen molar-refractivity contribution in [3.05, 3.63) is 48.5 Å². The number of rotatable bonds is 5. The molecule has 2 fully saturated rings. The lowest BCUT2D eigenvalue weighted by Gasteiger charge is -2.35. The zero-order valence-corrected chi connectivity index (χ0v) is 21.0. The van der Waals surface area contributed by atoms with E-state index in [-0.39, 0.29) is 24.8 Å². The average Bonchev–Trinajstić information content (AvgIpc) is 3.46. The quantitative estimate of drug-likeness (QED) is 0.559. The van der Waals surface area contributed by atoms with Crippen molar-refractivity contribution in [2.24, 2.45) is 0 Å². The van der Waals surface area contributed by atoms with Crippen molar-refractivity contribution in [2.45, 2.75) is 45.1 Å². The molecule has 0 radical (unpaired) electrons. The van der Waals surface area contributed by atoms with Gasteiger partial charge in [0.25, 0.3) is 0 Å². The molecule has 0 spiro atoms. The van der Waals surface area contributed by atoms with Gasteiger partial charge in [0.1, 0.15) is 24.9 Å². The topological polar surface area (TPSA) is 115 Å². The first-order chi connectivity index (χ1) is 17.8. The molecule has 2 atom stereocenters. The summed E-state index contributed by atoms with van der Waals surface area (Å²) in [6.07, 6.45) is 3.81. The first kappa shape index (κ1) is 23.6. The van der Waals surface area contributed by atoms with E-state index in [1.54, 1.807) is 17.2 Å². The van der Waals surface area contributed by atoms with E-state index in [2.05, 4.69) is 25.2 Å². The molecule has 6 heterocycles. The number of nitrogens with one attached hydrogen (secondary N) is 1. The van der Waals surface area contributed by atoms with Gasteiger partial charge in [-0.25, -0.2) is 19.7 Å². The van der Waals surface area contributed by atoms with Gasteiger partial charge in [0.2, 0.25) is 5.88 Å². The van der Waals surface area contributed by atoms with Gasteiger partial charge in [0.05, 0.1) is 24.0 Å². The molecule has 6 rings (SSSR count). The highest BCUT2D eigenvalue weighted by Crippen LogP contribution is 2.40. The second-order valence-electron chi connectivity index (χ2n) is 9.92. The van der Waals surface area contributed by atoms with Gasteiger partial charge >= 0.3 is 6.03 Å². The lowest BCUT2D eigenvalue weighted by atomic mass is 10.1. The Morgan fingerprint density at radius 2 is 2.11 bits per heavy atom. The van der Waals surface area contributed by atoms with Gasteiger partial charge in [-0.2, -0.15) is 0 Å². The van der Waals surface area contributed by atoms with E-state index in [9.17, 15) is 4.79 Å². The fourth-order valence-electron chi connectivity index (χ4n) is 5.02. The summed E-state index contributed by atoms with van der Waals surface area (Å²) in [7, 11) is 0. The molecule has 3 aromatic rings. The smallest absolute Gasteiger partial charge is 0.329 e. The Labute approximate surface area is 214 Å². The molecule has 3 aliphatic heterocycles. The number of ether oxygens (including phenoxy) is 3. The normalized spacial score (nSPS) is 21.6. The Hall–Kier alpha value is -3.83. The molecular formula is C26H29N7O4. The van der Waals surface area contributed by atoms with E-state index in [1.165, 1.54) is 6.33 Å². The Balaban J connectivity index is 1.21. The summed E-state index contributed by atoms with van der Waals surface area (Å²) in [4.78, 5) is 35.2. The van der Waals surface area contributed by atoms with Crippen LogP contribution in [0.3, 0.4) is 0 Å². The van der Waals surface area contributed by atoms with Gasteiger partial charge in [-0.3, -0.25) is 15.2 Å². The maximum atomic E-state index is 13.6. The van der Waals surface area contributed by atoms with Crippen LogP contribution in [0.4, 0.5) is 22.1 Å². The van der Waals surface area contributed by atoms with Gasteiger partial charge in [0, 0.05) is 36.6 Å². The van der Waals surface area contributed by atoms with Crippen LogP contribution in [0.15, 0.2) is 42.9 Å². The van der Waals surface area contributed by atoms with Crippen LogP contribution in [0, 0.1) is 6.92 Å². The molecule has 1 unspecified atom stereocenters. The number of amides is 2. The SMILES string of the molecule is Cc1cc(-c2ccc3c(n2)N(C(=O)Nc2cc(OC[C@@H]4COC(C)(C)O4)ncn2)C2CCN3C2)ccn1. The van der Waals surface area contributed by atoms with E-state index in [1.807, 2.05) is 45.0 Å². The third-order valence-corrected chi connectivity index (χ3v) is 6.72. The van der Waals surface area contributed by atoms with Gasteiger partial charge in [-0.15, -0.1) is 0 Å². The highest BCUT2D eigenvalue weighted by Gasteiger charge is 2.40. The van der Waals surface area contributed by atoms with Crippen molar-refractivity contribution in [3.63, 3.8) is 0 Å². The lowest BCUT2D eigenvalue weighted by molar-refractivity contribution is -0.141. The standard InChI is InChI=1S/C26H29N7O4/c1-16-10-17(6-8-27-16)20-4-5-21-24(30-20)33(18-7-9-32(21)12-18)25(34)31-22-11-23(29-15-28-22)35-13-19-14-36-26(2,3)37-19/h4-6,8,10-11,15,18-19H,7,9,12-14H2,1-3H3,(H,28,29,31,34)/t18?,19-/m1/s1. The van der Waals surface area contributed by atoms with E-state index >= 15 is 0 Å². The minimum Gasteiger partial charge on any atom is -0.475 e. The van der Waals surface area contributed by atoms with Crippen LogP contribution in [0.1, 0.15) is 26.0 Å². The van der Waals surface area contributed by atoms with Crippen molar-refractivity contribution < 1.29 is 19.0 Å². The van der Waals surface area contributed by atoms with Crippen LogP contribution in [0.5, 0.6) is 5.88 Å². The number of anilines is 3. The molecule has 2 bridgehead atoms. The maximum Gasteiger partial charge on any atom is 0.329 e. The predicted molar refractivity (Wildman–Crippen MR) is 137 cm³/mol. The molecule has 11 nitrogen and oxygen atoms in total. The third-order valence-electron chi connectivity index (χ3n) is 6.72. The van der Waals surface area contributed by atoms with Crippen molar-refractivity contribution in [3.8, 4) is 17.1 Å². The highest BCUT2D eigenvalue weighted by atomic mass is 16.7. The third kappa shape index (κ3) is 4.79. The molecule has 192 valence electrons. The van der Waals surface area contributed by atoms with Gasteiger partial charge in [-0.05, 0) is 51.5 Å². The minimum atomic E-state index is -0.622. The van der Waals surface area contributed by atoms with E-state index in [0.717, 1.165) is 42.1 Å². The molecule has 3 aliphatic rings. The van der Waals surface area contributed by atoms with Crippen LogP contribution in [-0.4, -0.2) is 70.2 Å². The summed E-state index contributed by atoms with van der Waals surface area (Å²) in [6, 6.07) is 9.29. The van der Waals surface area contributed by atoms with Crippen molar-refractivity contribution in [1.82, 2.24) is 19.9 Å². The molecule has 0 aromatic carbocycles. The predicted octanol–water partition coefficient (Wildman–Crippen LogP) is 3.40. The van der Waals surface area contributed by atoms with Gasteiger partial charge in [0.15, 0.2) is 11.6 Å². The number of pyridine rings is 2. The summed E-state index contributed by atoms with van der Waals surface area (Å²) in [6.45, 7) is 8.06. The fourth-order valence-corrected chi connectivity index (χ4v) is 5.02. The Bertz CT molecular complexity index is 1330.